The summed E-state index contributed by atoms with van der Waals surface area (Å²) in [4.78, 5) is 21.1. The van der Waals surface area contributed by atoms with Crippen LogP contribution in [0.4, 0.5) is 4.39 Å². The largest absolute Gasteiger partial charge is 0.346 e. The maximum Gasteiger partial charge on any atom is 0.255 e. The Morgan fingerprint density at radius 2 is 2.22 bits per heavy atom. The number of likely N-dealkylation sites (tertiary alicyclic amines) is 1. The fraction of sp³-hybridized carbons (Fsp3) is 0.385. The van der Waals surface area contributed by atoms with Crippen molar-refractivity contribution in [2.45, 2.75) is 19.0 Å². The Balaban J connectivity index is 1.82. The number of aromatic nitrogens is 2. The third kappa shape index (κ3) is 1.96. The molecule has 0 aliphatic carbocycles. The fourth-order valence-electron chi connectivity index (χ4n) is 2.29. The number of hydrogen-bond acceptors (Lipinski definition) is 2. The van der Waals surface area contributed by atoms with Gasteiger partial charge in [-0.25, -0.2) is 9.37 Å². The standard InChI is InChI=1S/C13H14FN3O/c14-11-2-5-17(6-3-11)13(18)10-7-9-1-4-15-12(9)16-8-10/h1,4,7-8,11H,2-3,5-6H2,(H,15,16). The number of aromatic amines is 1. The molecule has 94 valence electrons. The Morgan fingerprint density at radius 3 is 3.00 bits per heavy atom. The molecular formula is C13H14FN3O. The summed E-state index contributed by atoms with van der Waals surface area (Å²) in [5.41, 5.74) is 1.34. The molecule has 0 atom stereocenters. The van der Waals surface area contributed by atoms with Gasteiger partial charge in [0.2, 0.25) is 0 Å². The summed E-state index contributed by atoms with van der Waals surface area (Å²) >= 11 is 0. The summed E-state index contributed by atoms with van der Waals surface area (Å²) in [6.45, 7) is 0.982. The van der Waals surface area contributed by atoms with Gasteiger partial charge in [-0.3, -0.25) is 4.79 Å². The Hall–Kier alpha value is -1.91. The third-order valence-corrected chi connectivity index (χ3v) is 3.36. The van der Waals surface area contributed by atoms with Crippen LogP contribution >= 0.6 is 0 Å². The molecule has 1 N–H and O–H groups in total. The van der Waals surface area contributed by atoms with Gasteiger partial charge in [0.05, 0.1) is 5.56 Å². The molecular weight excluding hydrogens is 233 g/mol. The number of halogens is 1. The number of fused-ring (bicyclic) bond motifs is 1. The van der Waals surface area contributed by atoms with Crippen molar-refractivity contribution in [3.8, 4) is 0 Å². The number of alkyl halides is 1. The molecule has 3 heterocycles. The molecule has 1 aliphatic rings. The molecule has 5 heteroatoms. The second-order valence-electron chi connectivity index (χ2n) is 4.61. The lowest BCUT2D eigenvalue weighted by Gasteiger charge is -2.28. The molecule has 3 rings (SSSR count). The quantitative estimate of drug-likeness (QED) is 0.839. The molecule has 2 aromatic heterocycles. The second-order valence-corrected chi connectivity index (χ2v) is 4.61. The Labute approximate surface area is 104 Å². The van der Waals surface area contributed by atoms with Gasteiger partial charge in [-0.2, -0.15) is 0 Å². The number of pyridine rings is 1. The molecule has 1 amide bonds. The number of hydrogen-bond donors (Lipinski definition) is 1. The zero-order valence-electron chi connectivity index (χ0n) is 9.90. The summed E-state index contributed by atoms with van der Waals surface area (Å²) in [5, 5.41) is 0.918. The monoisotopic (exact) mass is 247 g/mol. The minimum Gasteiger partial charge on any atom is -0.346 e. The van der Waals surface area contributed by atoms with Gasteiger partial charge >= 0.3 is 0 Å². The average Bonchev–Trinajstić information content (AvgIpc) is 2.86. The first kappa shape index (κ1) is 11.2. The number of rotatable bonds is 1. The summed E-state index contributed by atoms with van der Waals surface area (Å²) in [7, 11) is 0. The van der Waals surface area contributed by atoms with Crippen molar-refractivity contribution in [3.63, 3.8) is 0 Å². The van der Waals surface area contributed by atoms with Gasteiger partial charge in [-0.15, -0.1) is 0 Å². The van der Waals surface area contributed by atoms with Gasteiger partial charge in [0.25, 0.3) is 5.91 Å². The van der Waals surface area contributed by atoms with E-state index in [9.17, 15) is 9.18 Å². The van der Waals surface area contributed by atoms with Crippen LogP contribution in [0.5, 0.6) is 0 Å². The highest BCUT2D eigenvalue weighted by molar-refractivity contribution is 5.96. The van der Waals surface area contributed by atoms with E-state index in [1.165, 1.54) is 0 Å². The van der Waals surface area contributed by atoms with Gasteiger partial charge in [-0.1, -0.05) is 0 Å². The van der Waals surface area contributed by atoms with E-state index in [2.05, 4.69) is 9.97 Å². The van der Waals surface area contributed by atoms with Crippen LogP contribution in [0.2, 0.25) is 0 Å². The Bertz CT molecular complexity index is 572. The number of carbonyl (C=O) groups is 1. The van der Waals surface area contributed by atoms with E-state index >= 15 is 0 Å². The van der Waals surface area contributed by atoms with Crippen LogP contribution in [0.1, 0.15) is 23.2 Å². The van der Waals surface area contributed by atoms with E-state index < -0.39 is 6.17 Å². The van der Waals surface area contributed by atoms with Crippen LogP contribution in [0.3, 0.4) is 0 Å². The number of nitrogens with zero attached hydrogens (tertiary/aromatic N) is 2. The van der Waals surface area contributed by atoms with Crippen LogP contribution in [-0.4, -0.2) is 40.0 Å². The summed E-state index contributed by atoms with van der Waals surface area (Å²) < 4.78 is 13.0. The molecule has 0 saturated carbocycles. The van der Waals surface area contributed by atoms with Crippen LogP contribution in [0.15, 0.2) is 24.5 Å². The van der Waals surface area contributed by atoms with Crippen molar-refractivity contribution in [3.05, 3.63) is 30.1 Å². The third-order valence-electron chi connectivity index (χ3n) is 3.36. The van der Waals surface area contributed by atoms with E-state index in [1.54, 1.807) is 17.3 Å². The molecule has 1 aliphatic heterocycles. The van der Waals surface area contributed by atoms with E-state index in [1.807, 2.05) is 12.1 Å². The Kier molecular flexibility index (Phi) is 2.74. The Morgan fingerprint density at radius 1 is 1.44 bits per heavy atom. The lowest BCUT2D eigenvalue weighted by atomic mass is 10.1. The smallest absolute Gasteiger partial charge is 0.255 e. The molecule has 0 spiro atoms. The molecule has 2 aromatic rings. The zero-order chi connectivity index (χ0) is 12.5. The first-order valence-electron chi connectivity index (χ1n) is 6.10. The van der Waals surface area contributed by atoms with Crippen molar-refractivity contribution in [1.29, 1.82) is 0 Å². The van der Waals surface area contributed by atoms with Gasteiger partial charge in [-0.05, 0) is 25.0 Å². The highest BCUT2D eigenvalue weighted by atomic mass is 19.1. The fourth-order valence-corrected chi connectivity index (χ4v) is 2.29. The molecule has 1 saturated heterocycles. The number of amides is 1. The van der Waals surface area contributed by atoms with Crippen molar-refractivity contribution in [1.82, 2.24) is 14.9 Å². The van der Waals surface area contributed by atoms with E-state index in [0.717, 1.165) is 11.0 Å². The molecule has 18 heavy (non-hydrogen) atoms. The number of H-pyrrole nitrogens is 1. The van der Waals surface area contributed by atoms with E-state index in [-0.39, 0.29) is 5.91 Å². The second kappa shape index (κ2) is 4.40. The highest BCUT2D eigenvalue weighted by Gasteiger charge is 2.23. The molecule has 0 unspecified atom stereocenters. The van der Waals surface area contributed by atoms with Gasteiger partial charge < -0.3 is 9.88 Å². The minimum absolute atomic E-state index is 0.0579. The summed E-state index contributed by atoms with van der Waals surface area (Å²) in [6.07, 6.45) is 3.47. The SMILES string of the molecule is O=C(c1cnc2[nH]ccc2c1)N1CCC(F)CC1. The van der Waals surface area contributed by atoms with Crippen molar-refractivity contribution >= 4 is 16.9 Å². The van der Waals surface area contributed by atoms with Crippen molar-refractivity contribution < 1.29 is 9.18 Å². The number of carbonyl (C=O) groups excluding carboxylic acids is 1. The van der Waals surface area contributed by atoms with Crippen LogP contribution in [0, 0.1) is 0 Å². The van der Waals surface area contributed by atoms with Crippen molar-refractivity contribution in [2.24, 2.45) is 0 Å². The van der Waals surface area contributed by atoms with E-state index in [0.29, 0.717) is 31.5 Å². The van der Waals surface area contributed by atoms with Gasteiger partial charge in [0, 0.05) is 30.9 Å². The first-order valence-corrected chi connectivity index (χ1v) is 6.10. The molecule has 0 aromatic carbocycles. The lowest BCUT2D eigenvalue weighted by molar-refractivity contribution is 0.0667. The maximum absolute atomic E-state index is 13.0. The average molecular weight is 247 g/mol. The molecule has 0 bridgehead atoms. The van der Waals surface area contributed by atoms with Crippen LogP contribution in [0.25, 0.3) is 11.0 Å². The normalized spacial score (nSPS) is 17.3. The number of nitrogens with one attached hydrogen (secondary N) is 1. The topological polar surface area (TPSA) is 49.0 Å². The molecule has 0 radical (unpaired) electrons. The minimum atomic E-state index is -0.765. The van der Waals surface area contributed by atoms with Crippen LogP contribution < -0.4 is 0 Å². The van der Waals surface area contributed by atoms with Crippen molar-refractivity contribution in [2.75, 3.05) is 13.1 Å². The summed E-state index contributed by atoms with van der Waals surface area (Å²) in [5.74, 6) is -0.0579. The first-order chi connectivity index (χ1) is 8.74. The van der Waals surface area contributed by atoms with E-state index in [4.69, 9.17) is 0 Å². The highest BCUT2D eigenvalue weighted by Crippen LogP contribution is 2.17. The lowest BCUT2D eigenvalue weighted by Crippen LogP contribution is -2.39. The van der Waals surface area contributed by atoms with Gasteiger partial charge in [0.15, 0.2) is 0 Å². The number of piperidine rings is 1. The predicted molar refractivity (Wildman–Crippen MR) is 66.1 cm³/mol. The zero-order valence-corrected chi connectivity index (χ0v) is 9.90. The van der Waals surface area contributed by atoms with Crippen LogP contribution in [-0.2, 0) is 0 Å². The summed E-state index contributed by atoms with van der Waals surface area (Å²) in [6, 6.07) is 3.70. The molecule has 4 nitrogen and oxygen atoms in total. The molecule has 1 fully saturated rings. The predicted octanol–water partition coefficient (Wildman–Crippen LogP) is 2.14. The maximum atomic E-state index is 13.0. The van der Waals surface area contributed by atoms with Gasteiger partial charge in [0.1, 0.15) is 11.8 Å².